The van der Waals surface area contributed by atoms with Crippen molar-refractivity contribution in [1.82, 2.24) is 5.32 Å². The van der Waals surface area contributed by atoms with Crippen LogP contribution < -0.4 is 5.32 Å². The largest absolute Gasteiger partial charge is 0.391 e. The fourth-order valence-electron chi connectivity index (χ4n) is 1.51. The normalized spacial score (nSPS) is 14.8. The highest BCUT2D eigenvalue weighted by atomic mass is 19.4. The SMILES string of the molecule is CC(CC(C#N)NCc1ccccc1)C(F)(F)F. The number of nitrogens with one attached hydrogen (secondary N) is 1. The molecular formula is C13H15F3N2. The molecule has 98 valence electrons. The van der Waals surface area contributed by atoms with Crippen LogP contribution in [0, 0.1) is 17.2 Å². The Hall–Kier alpha value is -1.54. The molecule has 0 spiro atoms. The van der Waals surface area contributed by atoms with Gasteiger partial charge in [0.05, 0.1) is 18.0 Å². The summed E-state index contributed by atoms with van der Waals surface area (Å²) >= 11 is 0. The average molecular weight is 256 g/mol. The molecule has 0 heterocycles. The van der Waals surface area contributed by atoms with Crippen molar-refractivity contribution in [2.45, 2.75) is 32.1 Å². The Labute approximate surface area is 104 Å². The fraction of sp³-hybridized carbons (Fsp3) is 0.462. The van der Waals surface area contributed by atoms with E-state index in [-0.39, 0.29) is 6.42 Å². The second-order valence-electron chi connectivity index (χ2n) is 4.23. The number of nitrogens with zero attached hydrogens (tertiary/aromatic N) is 1. The van der Waals surface area contributed by atoms with Gasteiger partial charge in [-0.1, -0.05) is 37.3 Å². The minimum atomic E-state index is -4.25. The highest BCUT2D eigenvalue weighted by Crippen LogP contribution is 2.29. The highest BCUT2D eigenvalue weighted by molar-refractivity contribution is 5.14. The van der Waals surface area contributed by atoms with Crippen LogP contribution in [0.15, 0.2) is 30.3 Å². The summed E-state index contributed by atoms with van der Waals surface area (Å²) in [5, 5.41) is 11.7. The number of alkyl halides is 3. The van der Waals surface area contributed by atoms with Gasteiger partial charge in [-0.15, -0.1) is 0 Å². The van der Waals surface area contributed by atoms with Crippen LogP contribution in [-0.2, 0) is 6.54 Å². The summed E-state index contributed by atoms with van der Waals surface area (Å²) in [6.45, 7) is 1.48. The van der Waals surface area contributed by atoms with E-state index in [1.54, 1.807) is 0 Å². The Balaban J connectivity index is 2.47. The van der Waals surface area contributed by atoms with Gasteiger partial charge >= 0.3 is 6.18 Å². The monoisotopic (exact) mass is 256 g/mol. The Morgan fingerprint density at radius 3 is 2.39 bits per heavy atom. The maximum absolute atomic E-state index is 12.4. The molecule has 2 nitrogen and oxygen atoms in total. The zero-order valence-corrected chi connectivity index (χ0v) is 10.0. The van der Waals surface area contributed by atoms with Gasteiger partial charge in [0.15, 0.2) is 0 Å². The van der Waals surface area contributed by atoms with Crippen molar-refractivity contribution in [2.75, 3.05) is 0 Å². The zero-order valence-electron chi connectivity index (χ0n) is 10.0. The number of hydrogen-bond donors (Lipinski definition) is 1. The van der Waals surface area contributed by atoms with Crippen LogP contribution in [0.2, 0.25) is 0 Å². The van der Waals surface area contributed by atoms with Gasteiger partial charge in [0.2, 0.25) is 0 Å². The molecule has 0 fully saturated rings. The van der Waals surface area contributed by atoms with E-state index in [4.69, 9.17) is 5.26 Å². The summed E-state index contributed by atoms with van der Waals surface area (Å²) in [5.41, 5.74) is 0.942. The molecule has 0 saturated heterocycles. The minimum absolute atomic E-state index is 0.229. The van der Waals surface area contributed by atoms with Crippen molar-refractivity contribution >= 4 is 0 Å². The Bertz CT molecular complexity index is 395. The van der Waals surface area contributed by atoms with Crippen molar-refractivity contribution in [2.24, 2.45) is 5.92 Å². The van der Waals surface area contributed by atoms with Crippen molar-refractivity contribution < 1.29 is 13.2 Å². The summed E-state index contributed by atoms with van der Waals surface area (Å²) in [4.78, 5) is 0. The molecule has 18 heavy (non-hydrogen) atoms. The standard InChI is InChI=1S/C13H15F3N2/c1-10(13(14,15)16)7-12(8-17)18-9-11-5-3-2-4-6-11/h2-6,10,12,18H,7,9H2,1H3. The lowest BCUT2D eigenvalue weighted by Gasteiger charge is -2.19. The summed E-state index contributed by atoms with van der Waals surface area (Å²) in [5.74, 6) is -1.48. The molecule has 2 unspecified atom stereocenters. The molecule has 1 aromatic carbocycles. The first-order chi connectivity index (χ1) is 8.43. The van der Waals surface area contributed by atoms with Crippen LogP contribution in [-0.4, -0.2) is 12.2 Å². The van der Waals surface area contributed by atoms with Gasteiger partial charge in [-0.3, -0.25) is 5.32 Å². The molecule has 0 radical (unpaired) electrons. The number of halogens is 3. The molecule has 0 aliphatic rings. The number of rotatable bonds is 5. The molecule has 0 aromatic heterocycles. The van der Waals surface area contributed by atoms with Gasteiger partial charge < -0.3 is 0 Å². The first kappa shape index (κ1) is 14.5. The first-order valence-electron chi connectivity index (χ1n) is 5.67. The maximum Gasteiger partial charge on any atom is 0.391 e. The molecule has 0 amide bonds. The van der Waals surface area contributed by atoms with Crippen molar-refractivity contribution in [3.63, 3.8) is 0 Å². The third-order valence-electron chi connectivity index (χ3n) is 2.70. The van der Waals surface area contributed by atoms with E-state index in [0.717, 1.165) is 12.5 Å². The second-order valence-corrected chi connectivity index (χ2v) is 4.23. The molecular weight excluding hydrogens is 241 g/mol. The zero-order chi connectivity index (χ0) is 13.6. The smallest absolute Gasteiger partial charge is 0.298 e. The van der Waals surface area contributed by atoms with Gasteiger partial charge in [-0.05, 0) is 12.0 Å². The second kappa shape index (κ2) is 6.41. The lowest BCUT2D eigenvalue weighted by atomic mass is 10.0. The fourth-order valence-corrected chi connectivity index (χ4v) is 1.51. The van der Waals surface area contributed by atoms with Crippen LogP contribution in [0.5, 0.6) is 0 Å². The predicted molar refractivity (Wildman–Crippen MR) is 62.5 cm³/mol. The molecule has 1 aromatic rings. The maximum atomic E-state index is 12.4. The van der Waals surface area contributed by atoms with Crippen LogP contribution in [0.4, 0.5) is 13.2 Å². The van der Waals surface area contributed by atoms with E-state index in [2.05, 4.69) is 5.32 Å². The molecule has 0 bridgehead atoms. The van der Waals surface area contributed by atoms with E-state index in [1.807, 2.05) is 36.4 Å². The van der Waals surface area contributed by atoms with E-state index >= 15 is 0 Å². The molecule has 2 atom stereocenters. The lowest BCUT2D eigenvalue weighted by molar-refractivity contribution is -0.171. The van der Waals surface area contributed by atoms with Crippen LogP contribution >= 0.6 is 0 Å². The minimum Gasteiger partial charge on any atom is -0.298 e. The third kappa shape index (κ3) is 4.76. The molecule has 1 N–H and O–H groups in total. The lowest BCUT2D eigenvalue weighted by Crippen LogP contribution is -2.33. The average Bonchev–Trinajstić information content (AvgIpc) is 2.34. The molecule has 1 rings (SSSR count). The van der Waals surface area contributed by atoms with Crippen molar-refractivity contribution in [1.29, 1.82) is 5.26 Å². The van der Waals surface area contributed by atoms with Crippen LogP contribution in [0.25, 0.3) is 0 Å². The Kier molecular flexibility index (Phi) is 5.17. The van der Waals surface area contributed by atoms with E-state index in [9.17, 15) is 13.2 Å². The molecule has 5 heteroatoms. The van der Waals surface area contributed by atoms with Crippen LogP contribution in [0.3, 0.4) is 0 Å². The van der Waals surface area contributed by atoms with Gasteiger partial charge in [0.25, 0.3) is 0 Å². The van der Waals surface area contributed by atoms with Crippen molar-refractivity contribution in [3.05, 3.63) is 35.9 Å². The topological polar surface area (TPSA) is 35.8 Å². The van der Waals surface area contributed by atoms with Gasteiger partial charge in [-0.2, -0.15) is 18.4 Å². The van der Waals surface area contributed by atoms with Crippen molar-refractivity contribution in [3.8, 4) is 6.07 Å². The van der Waals surface area contributed by atoms with E-state index < -0.39 is 18.1 Å². The molecule has 0 aliphatic carbocycles. The summed E-state index contributed by atoms with van der Waals surface area (Å²) in [7, 11) is 0. The van der Waals surface area contributed by atoms with Gasteiger partial charge in [-0.25, -0.2) is 0 Å². The number of nitriles is 1. The Morgan fingerprint density at radius 2 is 1.89 bits per heavy atom. The number of hydrogen-bond acceptors (Lipinski definition) is 2. The van der Waals surface area contributed by atoms with Gasteiger partial charge in [0.1, 0.15) is 0 Å². The predicted octanol–water partition coefficient (Wildman–Crippen LogP) is 3.26. The summed E-state index contributed by atoms with van der Waals surface area (Å²) < 4.78 is 37.1. The van der Waals surface area contributed by atoms with Crippen LogP contribution in [0.1, 0.15) is 18.9 Å². The van der Waals surface area contributed by atoms with E-state index in [0.29, 0.717) is 6.54 Å². The molecule has 0 saturated carbocycles. The quantitative estimate of drug-likeness (QED) is 0.877. The van der Waals surface area contributed by atoms with E-state index in [1.165, 1.54) is 0 Å². The summed E-state index contributed by atoms with van der Waals surface area (Å²) in [6, 6.07) is 10.3. The summed E-state index contributed by atoms with van der Waals surface area (Å²) in [6.07, 6.45) is -4.48. The third-order valence-corrected chi connectivity index (χ3v) is 2.70. The highest BCUT2D eigenvalue weighted by Gasteiger charge is 2.37. The van der Waals surface area contributed by atoms with Gasteiger partial charge in [0, 0.05) is 6.54 Å². The number of benzene rings is 1. The molecule has 0 aliphatic heterocycles. The Morgan fingerprint density at radius 1 is 1.28 bits per heavy atom. The first-order valence-corrected chi connectivity index (χ1v) is 5.67.